The number of para-hydroxylation sites is 1. The van der Waals surface area contributed by atoms with Gasteiger partial charge < -0.3 is 9.47 Å². The van der Waals surface area contributed by atoms with Crippen molar-refractivity contribution < 1.29 is 9.47 Å². The number of rotatable bonds is 5. The Labute approximate surface area is 108 Å². The first kappa shape index (κ1) is 12.7. The summed E-state index contributed by atoms with van der Waals surface area (Å²) in [4.78, 5) is 0. The Morgan fingerprint density at radius 1 is 0.889 bits per heavy atom. The molecule has 2 aromatic rings. The zero-order valence-corrected chi connectivity index (χ0v) is 10.8. The van der Waals surface area contributed by atoms with Crippen LogP contribution in [0.5, 0.6) is 5.75 Å². The highest BCUT2D eigenvalue weighted by atomic mass is 16.7. The molecule has 0 saturated carbocycles. The minimum Gasteiger partial charge on any atom is -0.458 e. The Morgan fingerprint density at radius 2 is 1.44 bits per heavy atom. The van der Waals surface area contributed by atoms with Crippen molar-refractivity contribution in [3.05, 3.63) is 66.2 Å². The summed E-state index contributed by atoms with van der Waals surface area (Å²) in [6.45, 7) is 4.51. The van der Waals surface area contributed by atoms with Crippen LogP contribution < -0.4 is 4.74 Å². The molecule has 0 fully saturated rings. The molecule has 0 amide bonds. The lowest BCUT2D eigenvalue weighted by molar-refractivity contribution is -0.175. The lowest BCUT2D eigenvalue weighted by Gasteiger charge is -2.30. The van der Waals surface area contributed by atoms with E-state index in [1.807, 2.05) is 74.5 Å². The second kappa shape index (κ2) is 5.69. The largest absolute Gasteiger partial charge is 0.458 e. The minimum absolute atomic E-state index is 0.595. The van der Waals surface area contributed by atoms with E-state index < -0.39 is 5.79 Å². The van der Waals surface area contributed by atoms with Crippen molar-refractivity contribution in [1.82, 2.24) is 0 Å². The summed E-state index contributed by atoms with van der Waals surface area (Å²) < 4.78 is 11.8. The van der Waals surface area contributed by atoms with Crippen LogP contribution in [0, 0.1) is 0 Å². The van der Waals surface area contributed by atoms with Gasteiger partial charge in [0.15, 0.2) is 0 Å². The monoisotopic (exact) mass is 242 g/mol. The predicted molar refractivity (Wildman–Crippen MR) is 72.5 cm³/mol. The zero-order chi connectivity index (χ0) is 12.8. The van der Waals surface area contributed by atoms with E-state index in [1.54, 1.807) is 0 Å². The van der Waals surface area contributed by atoms with Gasteiger partial charge in [-0.25, -0.2) is 0 Å². The molecule has 0 bridgehead atoms. The van der Waals surface area contributed by atoms with E-state index in [-0.39, 0.29) is 0 Å². The summed E-state index contributed by atoms with van der Waals surface area (Å²) in [5.41, 5.74) is 1.01. The van der Waals surface area contributed by atoms with Gasteiger partial charge in [-0.3, -0.25) is 0 Å². The first-order valence-corrected chi connectivity index (χ1v) is 6.18. The second-order valence-electron chi connectivity index (χ2n) is 4.16. The smallest absolute Gasteiger partial charge is 0.234 e. The number of benzene rings is 2. The highest BCUT2D eigenvalue weighted by Gasteiger charge is 2.29. The van der Waals surface area contributed by atoms with E-state index in [2.05, 4.69) is 0 Å². The van der Waals surface area contributed by atoms with E-state index in [4.69, 9.17) is 9.47 Å². The van der Waals surface area contributed by atoms with Crippen LogP contribution in [-0.4, -0.2) is 6.61 Å². The van der Waals surface area contributed by atoms with Crippen molar-refractivity contribution in [1.29, 1.82) is 0 Å². The van der Waals surface area contributed by atoms with E-state index in [9.17, 15) is 0 Å². The highest BCUT2D eigenvalue weighted by molar-refractivity contribution is 5.25. The van der Waals surface area contributed by atoms with Crippen LogP contribution in [0.2, 0.25) is 0 Å². The molecule has 2 heteroatoms. The summed E-state index contributed by atoms with van der Waals surface area (Å²) in [5, 5.41) is 0. The van der Waals surface area contributed by atoms with Crippen molar-refractivity contribution in [2.75, 3.05) is 6.61 Å². The average Bonchev–Trinajstić information content (AvgIpc) is 2.41. The second-order valence-corrected chi connectivity index (χ2v) is 4.16. The third kappa shape index (κ3) is 2.90. The molecule has 2 aromatic carbocycles. The highest BCUT2D eigenvalue weighted by Crippen LogP contribution is 2.29. The summed E-state index contributed by atoms with van der Waals surface area (Å²) >= 11 is 0. The maximum Gasteiger partial charge on any atom is 0.234 e. The molecule has 1 atom stereocenters. The molecular weight excluding hydrogens is 224 g/mol. The van der Waals surface area contributed by atoms with Crippen LogP contribution >= 0.6 is 0 Å². The Hall–Kier alpha value is -1.80. The van der Waals surface area contributed by atoms with E-state index >= 15 is 0 Å². The molecule has 0 spiro atoms. The third-order valence-electron chi connectivity index (χ3n) is 2.77. The van der Waals surface area contributed by atoms with Gasteiger partial charge in [0, 0.05) is 19.1 Å². The maximum atomic E-state index is 6.01. The van der Waals surface area contributed by atoms with Crippen molar-refractivity contribution in [2.45, 2.75) is 19.6 Å². The lowest BCUT2D eigenvalue weighted by atomic mass is 10.1. The van der Waals surface area contributed by atoms with Gasteiger partial charge in [0.1, 0.15) is 5.75 Å². The summed E-state index contributed by atoms with van der Waals surface area (Å²) in [6.07, 6.45) is 0. The molecule has 0 aliphatic rings. The SMILES string of the molecule is CCOC(C)(Oc1ccccc1)c1ccccc1. The van der Waals surface area contributed by atoms with E-state index in [0.717, 1.165) is 11.3 Å². The molecule has 2 rings (SSSR count). The zero-order valence-electron chi connectivity index (χ0n) is 10.8. The Morgan fingerprint density at radius 3 is 2.00 bits per heavy atom. The molecule has 0 aromatic heterocycles. The van der Waals surface area contributed by atoms with Crippen LogP contribution in [0.3, 0.4) is 0 Å². The fraction of sp³-hybridized carbons (Fsp3) is 0.250. The molecule has 94 valence electrons. The van der Waals surface area contributed by atoms with Crippen LogP contribution in [0.4, 0.5) is 0 Å². The van der Waals surface area contributed by atoms with Crippen molar-refractivity contribution >= 4 is 0 Å². The summed E-state index contributed by atoms with van der Waals surface area (Å²) in [5.74, 6) is 0.0504. The van der Waals surface area contributed by atoms with Crippen molar-refractivity contribution in [3.63, 3.8) is 0 Å². The fourth-order valence-electron chi connectivity index (χ4n) is 1.90. The van der Waals surface area contributed by atoms with Crippen LogP contribution in [0.15, 0.2) is 60.7 Å². The number of ether oxygens (including phenoxy) is 2. The van der Waals surface area contributed by atoms with Crippen LogP contribution in [0.1, 0.15) is 19.4 Å². The van der Waals surface area contributed by atoms with Gasteiger partial charge in [0.05, 0.1) is 0 Å². The predicted octanol–water partition coefficient (Wildman–Crippen LogP) is 3.97. The normalized spacial score (nSPS) is 13.9. The van der Waals surface area contributed by atoms with Gasteiger partial charge in [-0.2, -0.15) is 0 Å². The van der Waals surface area contributed by atoms with E-state index in [0.29, 0.717) is 6.61 Å². The molecule has 0 saturated heterocycles. The summed E-state index contributed by atoms with van der Waals surface area (Å²) in [6, 6.07) is 19.7. The molecule has 18 heavy (non-hydrogen) atoms. The topological polar surface area (TPSA) is 18.5 Å². The van der Waals surface area contributed by atoms with E-state index in [1.165, 1.54) is 0 Å². The molecular formula is C16H18O2. The van der Waals surface area contributed by atoms with Crippen molar-refractivity contribution in [3.8, 4) is 5.75 Å². The minimum atomic E-state index is -0.753. The molecule has 1 unspecified atom stereocenters. The van der Waals surface area contributed by atoms with Gasteiger partial charge in [0.2, 0.25) is 5.79 Å². The van der Waals surface area contributed by atoms with Gasteiger partial charge in [-0.1, -0.05) is 48.5 Å². The average molecular weight is 242 g/mol. The van der Waals surface area contributed by atoms with Gasteiger partial charge in [-0.05, 0) is 19.1 Å². The Balaban J connectivity index is 2.27. The quantitative estimate of drug-likeness (QED) is 0.738. The van der Waals surface area contributed by atoms with Gasteiger partial charge in [-0.15, -0.1) is 0 Å². The Kier molecular flexibility index (Phi) is 4.00. The molecule has 0 aliphatic heterocycles. The molecule has 0 radical (unpaired) electrons. The Bertz CT molecular complexity index is 467. The number of hydrogen-bond donors (Lipinski definition) is 0. The number of hydrogen-bond acceptors (Lipinski definition) is 2. The van der Waals surface area contributed by atoms with Gasteiger partial charge >= 0.3 is 0 Å². The molecule has 0 heterocycles. The van der Waals surface area contributed by atoms with Gasteiger partial charge in [0.25, 0.3) is 0 Å². The first-order valence-electron chi connectivity index (χ1n) is 6.18. The molecule has 2 nitrogen and oxygen atoms in total. The molecule has 0 N–H and O–H groups in total. The molecule has 0 aliphatic carbocycles. The summed E-state index contributed by atoms with van der Waals surface area (Å²) in [7, 11) is 0. The fourth-order valence-corrected chi connectivity index (χ4v) is 1.90. The third-order valence-corrected chi connectivity index (χ3v) is 2.77. The lowest BCUT2D eigenvalue weighted by Crippen LogP contribution is -2.32. The first-order chi connectivity index (χ1) is 8.74. The van der Waals surface area contributed by atoms with Crippen LogP contribution in [-0.2, 0) is 10.5 Å². The standard InChI is InChI=1S/C16H18O2/c1-3-17-16(2,14-10-6-4-7-11-14)18-15-12-8-5-9-13-15/h4-13H,3H2,1-2H3. The van der Waals surface area contributed by atoms with Crippen LogP contribution in [0.25, 0.3) is 0 Å². The maximum absolute atomic E-state index is 6.01. The van der Waals surface area contributed by atoms with Crippen molar-refractivity contribution in [2.24, 2.45) is 0 Å².